The zero-order valence-electron chi connectivity index (χ0n) is 14.9. The molecule has 0 aliphatic heterocycles. The Morgan fingerprint density at radius 3 is 2.64 bits per heavy atom. The lowest BCUT2D eigenvalue weighted by atomic mass is 10.1. The molecule has 2 aromatic rings. The van der Waals surface area contributed by atoms with Gasteiger partial charge in [0.2, 0.25) is 5.95 Å². The lowest BCUT2D eigenvalue weighted by molar-refractivity contribution is 0.248. The number of nitrogens with one attached hydrogen (secondary N) is 2. The van der Waals surface area contributed by atoms with Crippen LogP contribution in [0, 0.1) is 12.8 Å². The van der Waals surface area contributed by atoms with Gasteiger partial charge < -0.3 is 15.7 Å². The molecule has 1 aliphatic carbocycles. The van der Waals surface area contributed by atoms with E-state index in [0.717, 1.165) is 22.8 Å². The van der Waals surface area contributed by atoms with Crippen molar-refractivity contribution < 1.29 is 5.11 Å². The number of halogens is 1. The van der Waals surface area contributed by atoms with Gasteiger partial charge in [0.05, 0.1) is 18.3 Å². The van der Waals surface area contributed by atoms with Crippen LogP contribution >= 0.6 is 11.6 Å². The molecule has 0 radical (unpaired) electrons. The number of hydrogen-bond donors (Lipinski definition) is 3. The second kappa shape index (κ2) is 7.58. The van der Waals surface area contributed by atoms with Gasteiger partial charge in [0, 0.05) is 22.7 Å². The van der Waals surface area contributed by atoms with Gasteiger partial charge in [-0.1, -0.05) is 31.5 Å². The molecule has 6 heteroatoms. The number of benzene rings is 1. The maximum absolute atomic E-state index is 9.57. The molecule has 1 aromatic carbocycles. The van der Waals surface area contributed by atoms with Crippen molar-refractivity contribution in [1.82, 2.24) is 9.97 Å². The van der Waals surface area contributed by atoms with Gasteiger partial charge >= 0.3 is 0 Å². The maximum Gasteiger partial charge on any atom is 0.225 e. The highest BCUT2D eigenvalue weighted by atomic mass is 35.5. The fourth-order valence-electron chi connectivity index (χ4n) is 2.64. The molecule has 0 bridgehead atoms. The number of aromatic nitrogens is 2. The van der Waals surface area contributed by atoms with Gasteiger partial charge in [-0.05, 0) is 43.4 Å². The zero-order valence-corrected chi connectivity index (χ0v) is 15.6. The molecule has 1 aromatic heterocycles. The molecule has 0 spiro atoms. The average molecular weight is 361 g/mol. The Bertz CT molecular complexity index is 746. The fourth-order valence-corrected chi connectivity index (χ4v) is 2.81. The molecule has 0 amide bonds. The van der Waals surface area contributed by atoms with Crippen LogP contribution < -0.4 is 10.6 Å². The number of anilines is 3. The Morgan fingerprint density at radius 1 is 1.24 bits per heavy atom. The number of nitrogens with zero attached hydrogens (tertiary/aromatic N) is 2. The minimum absolute atomic E-state index is 0.0465. The van der Waals surface area contributed by atoms with E-state index < -0.39 is 0 Å². The number of aliphatic hydroxyl groups excluding tert-OH is 1. The van der Waals surface area contributed by atoms with Gasteiger partial charge in [-0.25, -0.2) is 4.98 Å². The van der Waals surface area contributed by atoms with Crippen LogP contribution in [-0.2, 0) is 0 Å². The monoisotopic (exact) mass is 360 g/mol. The van der Waals surface area contributed by atoms with E-state index in [1.54, 1.807) is 0 Å². The highest BCUT2D eigenvalue weighted by molar-refractivity contribution is 6.30. The molecule has 25 heavy (non-hydrogen) atoms. The highest BCUT2D eigenvalue weighted by Crippen LogP contribution is 2.40. The summed E-state index contributed by atoms with van der Waals surface area (Å²) in [4.78, 5) is 9.24. The van der Waals surface area contributed by atoms with E-state index in [-0.39, 0.29) is 18.6 Å². The van der Waals surface area contributed by atoms with Crippen molar-refractivity contribution in [2.75, 3.05) is 17.2 Å². The van der Waals surface area contributed by atoms with Crippen molar-refractivity contribution in [2.24, 2.45) is 5.92 Å². The summed E-state index contributed by atoms with van der Waals surface area (Å²) in [5.74, 6) is 2.09. The predicted octanol–water partition coefficient (Wildman–Crippen LogP) is 4.49. The van der Waals surface area contributed by atoms with Crippen molar-refractivity contribution in [3.05, 3.63) is 40.5 Å². The summed E-state index contributed by atoms with van der Waals surface area (Å²) in [6.07, 6.45) is 2.33. The van der Waals surface area contributed by atoms with E-state index in [4.69, 9.17) is 11.6 Å². The predicted molar refractivity (Wildman–Crippen MR) is 103 cm³/mol. The molecule has 3 N–H and O–H groups in total. The summed E-state index contributed by atoms with van der Waals surface area (Å²) in [6, 6.07) is 7.68. The first-order valence-electron chi connectivity index (χ1n) is 8.76. The summed E-state index contributed by atoms with van der Waals surface area (Å²) in [5, 5.41) is 16.9. The highest BCUT2D eigenvalue weighted by Gasteiger charge is 2.26. The number of aryl methyl sites for hydroxylation is 1. The Balaban J connectivity index is 1.89. The lowest BCUT2D eigenvalue weighted by Crippen LogP contribution is -2.30. The van der Waals surface area contributed by atoms with E-state index >= 15 is 0 Å². The minimum Gasteiger partial charge on any atom is -0.394 e. The number of hydrogen-bond acceptors (Lipinski definition) is 5. The third-order valence-electron chi connectivity index (χ3n) is 4.52. The normalized spacial score (nSPS) is 15.3. The first-order valence-corrected chi connectivity index (χ1v) is 9.13. The largest absolute Gasteiger partial charge is 0.394 e. The first-order chi connectivity index (χ1) is 12.0. The molecule has 134 valence electrons. The summed E-state index contributed by atoms with van der Waals surface area (Å²) in [6.45, 7) is 6.20. The third-order valence-corrected chi connectivity index (χ3v) is 4.75. The zero-order chi connectivity index (χ0) is 18.0. The van der Waals surface area contributed by atoms with E-state index in [2.05, 4.69) is 34.4 Å². The maximum atomic E-state index is 9.57. The smallest absolute Gasteiger partial charge is 0.225 e. The van der Waals surface area contributed by atoms with E-state index in [0.29, 0.717) is 16.9 Å². The molecule has 1 fully saturated rings. The molecule has 1 saturated carbocycles. The van der Waals surface area contributed by atoms with Crippen LogP contribution in [0.25, 0.3) is 0 Å². The van der Waals surface area contributed by atoms with E-state index in [1.165, 1.54) is 12.8 Å². The molecule has 1 aliphatic rings. The van der Waals surface area contributed by atoms with Gasteiger partial charge in [0.25, 0.3) is 0 Å². The lowest BCUT2D eigenvalue weighted by Gasteiger charge is -2.21. The average Bonchev–Trinajstić information content (AvgIpc) is 3.40. The molecule has 0 saturated heterocycles. The Labute approximate surface area is 153 Å². The van der Waals surface area contributed by atoms with Crippen LogP contribution in [0.2, 0.25) is 5.02 Å². The van der Waals surface area contributed by atoms with Crippen LogP contribution in [0.5, 0.6) is 0 Å². The minimum atomic E-state index is -0.0739. The van der Waals surface area contributed by atoms with Crippen LogP contribution in [0.3, 0.4) is 0 Å². The Morgan fingerprint density at radius 2 is 2.00 bits per heavy atom. The quantitative estimate of drug-likeness (QED) is 0.678. The fraction of sp³-hybridized carbons (Fsp3) is 0.474. The molecule has 5 nitrogen and oxygen atoms in total. The van der Waals surface area contributed by atoms with Crippen LogP contribution in [0.4, 0.5) is 17.5 Å². The Kier molecular flexibility index (Phi) is 5.45. The first kappa shape index (κ1) is 18.0. The van der Waals surface area contributed by atoms with Crippen LogP contribution in [0.15, 0.2) is 24.3 Å². The van der Waals surface area contributed by atoms with Crippen molar-refractivity contribution in [2.45, 2.75) is 45.6 Å². The summed E-state index contributed by atoms with van der Waals surface area (Å²) in [5.41, 5.74) is 3.07. The summed E-state index contributed by atoms with van der Waals surface area (Å²) >= 11 is 6.12. The van der Waals surface area contributed by atoms with Crippen LogP contribution in [-0.4, -0.2) is 27.7 Å². The van der Waals surface area contributed by atoms with E-state index in [9.17, 15) is 5.11 Å². The molecule has 3 rings (SSSR count). The molecular weight excluding hydrogens is 336 g/mol. The number of aliphatic hydroxyl groups is 1. The van der Waals surface area contributed by atoms with Crippen molar-refractivity contribution in [1.29, 1.82) is 0 Å². The van der Waals surface area contributed by atoms with Gasteiger partial charge in [-0.3, -0.25) is 0 Å². The van der Waals surface area contributed by atoms with Crippen molar-refractivity contribution in [3.8, 4) is 0 Å². The SMILES string of the molecule is Cc1ccc(Cl)cc1Nc1cc(C2CC2)nc(N[C@@H](CO)C(C)C)n1. The number of rotatable bonds is 7. The van der Waals surface area contributed by atoms with Gasteiger partial charge in [-0.2, -0.15) is 4.98 Å². The van der Waals surface area contributed by atoms with Gasteiger partial charge in [0.1, 0.15) is 5.82 Å². The molecule has 0 unspecified atom stereocenters. The van der Waals surface area contributed by atoms with E-state index in [1.807, 2.05) is 31.2 Å². The van der Waals surface area contributed by atoms with Crippen molar-refractivity contribution >= 4 is 29.1 Å². The van der Waals surface area contributed by atoms with Crippen LogP contribution in [0.1, 0.15) is 43.9 Å². The summed E-state index contributed by atoms with van der Waals surface area (Å²) in [7, 11) is 0. The second-order valence-corrected chi connectivity index (χ2v) is 7.47. The van der Waals surface area contributed by atoms with Crippen molar-refractivity contribution in [3.63, 3.8) is 0 Å². The molecular formula is C19H25ClN4O. The van der Waals surface area contributed by atoms with Gasteiger partial charge in [0.15, 0.2) is 0 Å². The molecule has 1 heterocycles. The second-order valence-electron chi connectivity index (χ2n) is 7.04. The topological polar surface area (TPSA) is 70.1 Å². The standard InChI is InChI=1S/C19H25ClN4O/c1-11(2)17(10-25)23-19-22-16(13-5-6-13)9-18(24-19)21-15-8-14(20)7-4-12(15)3/h4,7-9,11,13,17,25H,5-6,10H2,1-3H3,(H2,21,22,23,24)/t17-/m0/s1. The third kappa shape index (κ3) is 4.61. The molecule has 1 atom stereocenters. The Hall–Kier alpha value is -1.85. The van der Waals surface area contributed by atoms with Gasteiger partial charge in [-0.15, -0.1) is 0 Å². The summed E-state index contributed by atoms with van der Waals surface area (Å²) < 4.78 is 0.